The third-order valence-electron chi connectivity index (χ3n) is 5.57. The molecule has 6 heteroatoms. The minimum Gasteiger partial charge on any atom is -0.367 e. The van der Waals surface area contributed by atoms with Gasteiger partial charge >= 0.3 is 5.69 Å². The lowest BCUT2D eigenvalue weighted by Gasteiger charge is -2.37. The van der Waals surface area contributed by atoms with Gasteiger partial charge in [0.1, 0.15) is 6.10 Å². The third kappa shape index (κ3) is 3.85. The molecule has 1 aliphatic rings. The number of nitrogens with zero attached hydrogens (tertiary/aromatic N) is 3. The van der Waals surface area contributed by atoms with E-state index in [1.165, 1.54) is 0 Å². The van der Waals surface area contributed by atoms with Gasteiger partial charge in [0.25, 0.3) is 0 Å². The molecule has 3 aromatic rings. The standard InChI is InChI=1S/C23H27N3O3/c1-3-25-19-11-7-8-12-20(19)26(23(25)28)14-13-22(27)24-15-17(2)29-21(16-24)18-9-5-4-6-10-18/h4-12,17,21H,3,13-16H2,1-2H3. The van der Waals surface area contributed by atoms with Gasteiger partial charge in [0.05, 0.1) is 23.7 Å². The summed E-state index contributed by atoms with van der Waals surface area (Å²) in [5.74, 6) is 0.0568. The van der Waals surface area contributed by atoms with E-state index in [0.29, 0.717) is 32.6 Å². The summed E-state index contributed by atoms with van der Waals surface area (Å²) in [4.78, 5) is 27.6. The molecule has 2 heterocycles. The summed E-state index contributed by atoms with van der Waals surface area (Å²) in [5, 5.41) is 0. The molecule has 0 saturated carbocycles. The monoisotopic (exact) mass is 393 g/mol. The number of carbonyl (C=O) groups is 1. The number of morpholine rings is 1. The van der Waals surface area contributed by atoms with Gasteiger partial charge in [-0.15, -0.1) is 0 Å². The SMILES string of the molecule is CCn1c(=O)n(CCC(=O)N2CC(C)OC(c3ccccc3)C2)c2ccccc21. The van der Waals surface area contributed by atoms with Crippen molar-refractivity contribution < 1.29 is 9.53 Å². The number of carbonyl (C=O) groups excluding carboxylic acids is 1. The second-order valence-electron chi connectivity index (χ2n) is 7.56. The number of ether oxygens (including phenoxy) is 1. The molecule has 0 aliphatic carbocycles. The Morgan fingerprint density at radius 1 is 1.00 bits per heavy atom. The first kappa shape index (κ1) is 19.5. The van der Waals surface area contributed by atoms with Gasteiger partial charge in [0, 0.05) is 26.1 Å². The first-order chi connectivity index (χ1) is 14.1. The Morgan fingerprint density at radius 2 is 1.66 bits per heavy atom. The second kappa shape index (κ2) is 8.25. The zero-order valence-corrected chi connectivity index (χ0v) is 17.0. The lowest BCUT2D eigenvalue weighted by molar-refractivity contribution is -0.145. The number of aromatic nitrogens is 2. The number of para-hydroxylation sites is 2. The first-order valence-electron chi connectivity index (χ1n) is 10.2. The molecule has 1 amide bonds. The van der Waals surface area contributed by atoms with Crippen LogP contribution >= 0.6 is 0 Å². The van der Waals surface area contributed by atoms with Gasteiger partial charge in [-0.25, -0.2) is 4.79 Å². The van der Waals surface area contributed by atoms with E-state index in [9.17, 15) is 9.59 Å². The summed E-state index contributed by atoms with van der Waals surface area (Å²) in [6, 6.07) is 17.8. The Hall–Kier alpha value is -2.86. The smallest absolute Gasteiger partial charge is 0.329 e. The molecule has 2 atom stereocenters. The van der Waals surface area contributed by atoms with E-state index in [4.69, 9.17) is 4.74 Å². The van der Waals surface area contributed by atoms with E-state index in [1.807, 2.05) is 73.3 Å². The van der Waals surface area contributed by atoms with Crippen LogP contribution in [0.2, 0.25) is 0 Å². The molecule has 1 aliphatic heterocycles. The average molecular weight is 393 g/mol. The minimum atomic E-state index is -0.117. The summed E-state index contributed by atoms with van der Waals surface area (Å²) in [6.45, 7) is 6.07. The van der Waals surface area contributed by atoms with Crippen LogP contribution in [-0.2, 0) is 22.6 Å². The highest BCUT2D eigenvalue weighted by Gasteiger charge is 2.29. The second-order valence-corrected chi connectivity index (χ2v) is 7.56. The van der Waals surface area contributed by atoms with Crippen molar-refractivity contribution in [2.75, 3.05) is 13.1 Å². The largest absolute Gasteiger partial charge is 0.367 e. The van der Waals surface area contributed by atoms with E-state index >= 15 is 0 Å². The fraction of sp³-hybridized carbons (Fsp3) is 0.391. The molecule has 0 bridgehead atoms. The predicted molar refractivity (Wildman–Crippen MR) is 113 cm³/mol. The molecule has 2 unspecified atom stereocenters. The number of hydrogen-bond donors (Lipinski definition) is 0. The Bertz CT molecular complexity index is 1050. The molecule has 1 saturated heterocycles. The normalized spacial score (nSPS) is 19.6. The van der Waals surface area contributed by atoms with E-state index in [0.717, 1.165) is 16.6 Å². The lowest BCUT2D eigenvalue weighted by Crippen LogP contribution is -2.46. The van der Waals surface area contributed by atoms with Crippen LogP contribution in [0.25, 0.3) is 11.0 Å². The van der Waals surface area contributed by atoms with Crippen molar-refractivity contribution >= 4 is 16.9 Å². The quantitative estimate of drug-likeness (QED) is 0.669. The van der Waals surface area contributed by atoms with Gasteiger partial charge in [-0.2, -0.15) is 0 Å². The first-order valence-corrected chi connectivity index (χ1v) is 10.2. The highest BCUT2D eigenvalue weighted by atomic mass is 16.5. The van der Waals surface area contributed by atoms with Crippen molar-refractivity contribution in [3.63, 3.8) is 0 Å². The number of imidazole rings is 1. The molecule has 152 valence electrons. The number of aryl methyl sites for hydroxylation is 2. The van der Waals surface area contributed by atoms with Gasteiger partial charge in [-0.1, -0.05) is 42.5 Å². The van der Waals surface area contributed by atoms with E-state index in [-0.39, 0.29) is 23.8 Å². The molecule has 1 aromatic heterocycles. The van der Waals surface area contributed by atoms with Gasteiger partial charge in [-0.3, -0.25) is 13.9 Å². The van der Waals surface area contributed by atoms with Gasteiger partial charge in [-0.05, 0) is 31.5 Å². The van der Waals surface area contributed by atoms with Crippen LogP contribution < -0.4 is 5.69 Å². The summed E-state index contributed by atoms with van der Waals surface area (Å²) >= 11 is 0. The van der Waals surface area contributed by atoms with Crippen LogP contribution in [0.1, 0.15) is 31.9 Å². The van der Waals surface area contributed by atoms with Crippen LogP contribution in [0.3, 0.4) is 0 Å². The molecule has 29 heavy (non-hydrogen) atoms. The van der Waals surface area contributed by atoms with Crippen molar-refractivity contribution in [2.45, 2.75) is 45.6 Å². The summed E-state index contributed by atoms with van der Waals surface area (Å²) < 4.78 is 9.53. The molecular weight excluding hydrogens is 366 g/mol. The Kier molecular flexibility index (Phi) is 5.53. The molecule has 2 aromatic carbocycles. The number of amides is 1. The van der Waals surface area contributed by atoms with Gasteiger partial charge in [0.15, 0.2) is 0 Å². The topological polar surface area (TPSA) is 56.5 Å². The molecule has 0 radical (unpaired) electrons. The number of hydrogen-bond acceptors (Lipinski definition) is 3. The van der Waals surface area contributed by atoms with Gasteiger partial charge in [0.2, 0.25) is 5.91 Å². The van der Waals surface area contributed by atoms with Crippen molar-refractivity contribution in [3.8, 4) is 0 Å². The maximum Gasteiger partial charge on any atom is 0.329 e. The van der Waals surface area contributed by atoms with Gasteiger partial charge < -0.3 is 9.64 Å². The zero-order chi connectivity index (χ0) is 20.4. The minimum absolute atomic E-state index is 0.0253. The summed E-state index contributed by atoms with van der Waals surface area (Å²) in [5.41, 5.74) is 2.82. The number of rotatable bonds is 5. The van der Waals surface area contributed by atoms with E-state index in [2.05, 4.69) is 0 Å². The van der Waals surface area contributed by atoms with Crippen LogP contribution in [-0.4, -0.2) is 39.1 Å². The zero-order valence-electron chi connectivity index (χ0n) is 17.0. The summed E-state index contributed by atoms with van der Waals surface area (Å²) in [6.07, 6.45) is 0.155. The Balaban J connectivity index is 1.49. The third-order valence-corrected chi connectivity index (χ3v) is 5.57. The van der Waals surface area contributed by atoms with E-state index < -0.39 is 0 Å². The van der Waals surface area contributed by atoms with Crippen molar-refractivity contribution in [1.82, 2.24) is 14.0 Å². The van der Waals surface area contributed by atoms with Crippen molar-refractivity contribution in [3.05, 3.63) is 70.6 Å². The average Bonchev–Trinajstić information content (AvgIpc) is 3.02. The Labute approximate surface area is 170 Å². The molecule has 0 spiro atoms. The highest BCUT2D eigenvalue weighted by molar-refractivity contribution is 5.78. The molecule has 6 nitrogen and oxygen atoms in total. The number of benzene rings is 2. The fourth-order valence-corrected chi connectivity index (χ4v) is 4.17. The van der Waals surface area contributed by atoms with Crippen molar-refractivity contribution in [2.24, 2.45) is 0 Å². The molecular formula is C23H27N3O3. The predicted octanol–water partition coefficient (Wildman–Crippen LogP) is 3.20. The van der Waals surface area contributed by atoms with Crippen molar-refractivity contribution in [1.29, 1.82) is 0 Å². The number of fused-ring (bicyclic) bond motifs is 1. The maximum absolute atomic E-state index is 13.0. The fourth-order valence-electron chi connectivity index (χ4n) is 4.17. The Morgan fingerprint density at radius 3 is 2.34 bits per heavy atom. The maximum atomic E-state index is 13.0. The highest BCUT2D eigenvalue weighted by Crippen LogP contribution is 2.25. The molecule has 4 rings (SSSR count). The lowest BCUT2D eigenvalue weighted by atomic mass is 10.1. The van der Waals surface area contributed by atoms with Crippen LogP contribution in [0.5, 0.6) is 0 Å². The molecule has 1 fully saturated rings. The van der Waals surface area contributed by atoms with Crippen LogP contribution in [0, 0.1) is 0 Å². The summed E-state index contributed by atoms with van der Waals surface area (Å²) in [7, 11) is 0. The van der Waals surface area contributed by atoms with E-state index in [1.54, 1.807) is 9.13 Å². The van der Waals surface area contributed by atoms with Crippen LogP contribution in [0.4, 0.5) is 0 Å². The van der Waals surface area contributed by atoms with Crippen LogP contribution in [0.15, 0.2) is 59.4 Å². The molecule has 0 N–H and O–H groups in total.